The van der Waals surface area contributed by atoms with E-state index >= 15 is 0 Å². The van der Waals surface area contributed by atoms with E-state index in [-0.39, 0.29) is 22.7 Å². The van der Waals surface area contributed by atoms with Gasteiger partial charge in [0.05, 0.1) is 28.1 Å². The minimum Gasteiger partial charge on any atom is -0.480 e. The number of rotatable bonds is 17. The Labute approximate surface area is 314 Å². The molecule has 1 aliphatic heterocycles. The number of carboxylic acid groups (broad SMARTS) is 1. The molecule has 1 saturated heterocycles. The topological polar surface area (TPSA) is 166 Å². The highest BCUT2D eigenvalue weighted by Crippen LogP contribution is 2.35. The van der Waals surface area contributed by atoms with E-state index in [2.05, 4.69) is 26.1 Å². The fraction of sp³-hybridized carbons (Fsp3) is 0.378. The Kier molecular flexibility index (Phi) is 15.5. The molecule has 1 heterocycles. The van der Waals surface area contributed by atoms with Crippen molar-refractivity contribution in [2.75, 3.05) is 35.6 Å². The fourth-order valence-electron chi connectivity index (χ4n) is 5.52. The van der Waals surface area contributed by atoms with Crippen LogP contribution in [0.1, 0.15) is 82.4 Å². The van der Waals surface area contributed by atoms with Crippen molar-refractivity contribution >= 4 is 64.6 Å². The van der Waals surface area contributed by atoms with Crippen molar-refractivity contribution in [3.63, 3.8) is 0 Å². The second-order valence-corrected chi connectivity index (χ2v) is 14.0. The zero-order chi connectivity index (χ0) is 38.4. The number of carbonyl (C=O) groups is 4. The summed E-state index contributed by atoms with van der Waals surface area (Å²) in [7, 11) is 0. The average molecular weight is 775 g/mol. The van der Waals surface area contributed by atoms with Crippen LogP contribution in [0, 0.1) is 0 Å². The molecule has 11 nitrogen and oxygen atoms in total. The second-order valence-electron chi connectivity index (χ2n) is 12.5. The third kappa shape index (κ3) is 13.1. The summed E-state index contributed by atoms with van der Waals surface area (Å²) in [5, 5.41) is 17.9. The molecule has 0 bridgehead atoms. The lowest BCUT2D eigenvalue weighted by molar-refractivity contribution is -0.139. The van der Waals surface area contributed by atoms with Gasteiger partial charge >= 0.3 is 12.1 Å². The van der Waals surface area contributed by atoms with E-state index in [1.807, 2.05) is 12.1 Å². The number of halogens is 4. The molecule has 53 heavy (non-hydrogen) atoms. The summed E-state index contributed by atoms with van der Waals surface area (Å²) >= 11 is 7.24. The molecule has 0 saturated carbocycles. The molecule has 0 aliphatic carbocycles. The maximum absolute atomic E-state index is 13.4. The minimum atomic E-state index is -4.66. The number of nitrogens with one attached hydrogen (secondary N) is 3. The summed E-state index contributed by atoms with van der Waals surface area (Å²) in [6, 6.07) is 14.5. The van der Waals surface area contributed by atoms with E-state index in [4.69, 9.17) is 22.4 Å². The van der Waals surface area contributed by atoms with Gasteiger partial charge < -0.3 is 26.4 Å². The lowest BCUT2D eigenvalue weighted by Gasteiger charge is -2.29. The van der Waals surface area contributed by atoms with Crippen molar-refractivity contribution in [2.24, 2.45) is 10.8 Å². The summed E-state index contributed by atoms with van der Waals surface area (Å²) in [5.41, 5.74) is 9.26. The smallest absolute Gasteiger partial charge is 0.417 e. The number of hydrogen-bond donors (Lipinski definition) is 5. The summed E-state index contributed by atoms with van der Waals surface area (Å²) < 4.78 is 39.9. The van der Waals surface area contributed by atoms with E-state index in [1.54, 1.807) is 30.3 Å². The lowest BCUT2D eigenvalue weighted by atomic mass is 10.1. The number of carbonyl (C=O) groups excluding carboxylic acids is 3. The quantitative estimate of drug-likeness (QED) is 0.0575. The van der Waals surface area contributed by atoms with Gasteiger partial charge in [-0.05, 0) is 92.1 Å². The van der Waals surface area contributed by atoms with Crippen molar-refractivity contribution in [2.45, 2.75) is 62.9 Å². The highest BCUT2D eigenvalue weighted by Gasteiger charge is 2.33. The molecule has 4 rings (SSSR count). The first-order valence-corrected chi connectivity index (χ1v) is 18.7. The van der Waals surface area contributed by atoms with E-state index in [1.165, 1.54) is 17.8 Å². The Balaban J connectivity index is 1.36. The molecule has 0 radical (unpaired) electrons. The number of amides is 3. The summed E-state index contributed by atoms with van der Waals surface area (Å²) in [4.78, 5) is 51.9. The Hall–Kier alpha value is -4.60. The number of benzene rings is 3. The van der Waals surface area contributed by atoms with Gasteiger partial charge in [-0.1, -0.05) is 29.8 Å². The number of nitrogens with zero attached hydrogens (tertiary/aromatic N) is 2. The van der Waals surface area contributed by atoms with Crippen molar-refractivity contribution in [1.29, 1.82) is 0 Å². The standard InChI is InChI=1S/C37H42ClF3N6O5S/c38-30-12-10-24(20-29(30)37(39,40)41)22-44-46-35(50)28-21-27(47-16-4-1-5-17-47)11-13-32(28)45-34(49)26-8-6-7-25(19-26)23-53-18-14-33(48)43-15-3-2-9-31(42)36(51)52/h6-8,10-13,19-22,31H,1-5,9,14-18,23,42H2,(H,43,48)(H,45,49)(H,46,50)(H,51,52)/b44-22+/t31-/m0/s1. The number of anilines is 2. The maximum Gasteiger partial charge on any atom is 0.417 e. The monoisotopic (exact) mass is 774 g/mol. The predicted octanol–water partition coefficient (Wildman–Crippen LogP) is 6.69. The first-order valence-electron chi connectivity index (χ1n) is 17.1. The van der Waals surface area contributed by atoms with Crippen LogP contribution in [0.3, 0.4) is 0 Å². The SMILES string of the molecule is N[C@@H](CCCCNC(=O)CCSCc1cccc(C(=O)Nc2ccc(N3CCCCC3)cc2C(=O)N/N=C/c2ccc(Cl)c(C(F)(F)F)c2)c1)C(=O)O. The molecule has 1 aliphatic rings. The molecule has 1 fully saturated rings. The second kappa shape index (κ2) is 20.0. The molecule has 16 heteroatoms. The van der Waals surface area contributed by atoms with Crippen molar-refractivity contribution in [3.8, 4) is 0 Å². The van der Waals surface area contributed by atoms with Gasteiger partial charge in [0.15, 0.2) is 0 Å². The third-order valence-corrected chi connectivity index (χ3v) is 9.77. The van der Waals surface area contributed by atoms with Crippen LogP contribution in [0.2, 0.25) is 5.02 Å². The number of hydrogen-bond acceptors (Lipinski definition) is 8. The Morgan fingerprint density at radius 1 is 1.00 bits per heavy atom. The number of hydrazone groups is 1. The van der Waals surface area contributed by atoms with Crippen molar-refractivity contribution < 1.29 is 37.5 Å². The fourth-order valence-corrected chi connectivity index (χ4v) is 6.64. The van der Waals surface area contributed by atoms with E-state index in [0.29, 0.717) is 49.3 Å². The number of piperidine rings is 1. The third-order valence-electron chi connectivity index (χ3n) is 8.41. The summed E-state index contributed by atoms with van der Waals surface area (Å²) in [5.74, 6) is -1.16. The van der Waals surface area contributed by atoms with Crippen LogP contribution in [0.5, 0.6) is 0 Å². The zero-order valence-corrected chi connectivity index (χ0v) is 30.5. The number of alkyl halides is 3. The summed E-state index contributed by atoms with van der Waals surface area (Å²) in [6.07, 6.45) is 1.41. The van der Waals surface area contributed by atoms with Crippen LogP contribution in [0.25, 0.3) is 0 Å². The first-order chi connectivity index (χ1) is 25.3. The highest BCUT2D eigenvalue weighted by molar-refractivity contribution is 7.98. The number of aliphatic carboxylic acids is 1. The number of unbranched alkanes of at least 4 members (excludes halogenated alkanes) is 1. The van der Waals surface area contributed by atoms with Crippen LogP contribution < -0.4 is 26.7 Å². The average Bonchev–Trinajstić information content (AvgIpc) is 3.13. The number of carboxylic acids is 1. The Morgan fingerprint density at radius 2 is 1.77 bits per heavy atom. The Morgan fingerprint density at radius 3 is 2.51 bits per heavy atom. The molecule has 3 aromatic rings. The van der Waals surface area contributed by atoms with Gasteiger partial charge in [-0.2, -0.15) is 30.0 Å². The van der Waals surface area contributed by atoms with Gasteiger partial charge in [-0.15, -0.1) is 0 Å². The molecule has 0 unspecified atom stereocenters. The van der Waals surface area contributed by atoms with E-state index in [0.717, 1.165) is 62.0 Å². The molecule has 6 N–H and O–H groups in total. The van der Waals surface area contributed by atoms with Gasteiger partial charge in [-0.3, -0.25) is 19.2 Å². The maximum atomic E-state index is 13.4. The predicted molar refractivity (Wildman–Crippen MR) is 202 cm³/mol. The van der Waals surface area contributed by atoms with Gasteiger partial charge in [0.25, 0.3) is 11.8 Å². The largest absolute Gasteiger partial charge is 0.480 e. The molecule has 3 aromatic carbocycles. The molecule has 0 spiro atoms. The summed E-state index contributed by atoms with van der Waals surface area (Å²) in [6.45, 7) is 2.06. The molecule has 0 aromatic heterocycles. The molecular weight excluding hydrogens is 733 g/mol. The Bertz CT molecular complexity index is 1790. The van der Waals surface area contributed by atoms with Crippen molar-refractivity contribution in [3.05, 3.63) is 93.5 Å². The minimum absolute atomic E-state index is 0.0756. The van der Waals surface area contributed by atoms with Crippen LogP contribution in [-0.2, 0) is 21.5 Å². The lowest BCUT2D eigenvalue weighted by Crippen LogP contribution is -2.30. The molecule has 1 atom stereocenters. The normalized spacial score (nSPS) is 13.8. The zero-order valence-electron chi connectivity index (χ0n) is 28.9. The van der Waals surface area contributed by atoms with E-state index in [9.17, 15) is 32.3 Å². The van der Waals surface area contributed by atoms with E-state index < -0.39 is 40.6 Å². The molecular formula is C37H42ClF3N6O5S. The first kappa shape index (κ1) is 41.2. The van der Waals surface area contributed by atoms with Crippen molar-refractivity contribution in [1.82, 2.24) is 10.7 Å². The van der Waals surface area contributed by atoms with Crippen LogP contribution in [-0.4, -0.2) is 66.4 Å². The molecule has 3 amide bonds. The van der Waals surface area contributed by atoms with Gasteiger partial charge in [0.2, 0.25) is 5.91 Å². The number of nitrogens with two attached hydrogens (primary N) is 1. The van der Waals surface area contributed by atoms with Gasteiger partial charge in [0, 0.05) is 48.8 Å². The number of thioether (sulfide) groups is 1. The van der Waals surface area contributed by atoms with Crippen LogP contribution in [0.4, 0.5) is 24.5 Å². The highest BCUT2D eigenvalue weighted by atomic mass is 35.5. The van der Waals surface area contributed by atoms with Gasteiger partial charge in [-0.25, -0.2) is 5.43 Å². The van der Waals surface area contributed by atoms with Gasteiger partial charge in [0.1, 0.15) is 6.04 Å². The van der Waals surface area contributed by atoms with Crippen LogP contribution in [0.15, 0.2) is 65.8 Å². The molecule has 284 valence electrons. The van der Waals surface area contributed by atoms with Crippen LogP contribution >= 0.6 is 23.4 Å².